The quantitative estimate of drug-likeness (QED) is 0.608. The molecular formula is C7H15N3O2S. The van der Waals surface area contributed by atoms with Crippen LogP contribution in [0.5, 0.6) is 0 Å². The van der Waals surface area contributed by atoms with E-state index in [1.54, 1.807) is 14.1 Å². The molecule has 5 nitrogen and oxygen atoms in total. The summed E-state index contributed by atoms with van der Waals surface area (Å²) >= 11 is 0. The van der Waals surface area contributed by atoms with Gasteiger partial charge in [-0.05, 0) is 11.8 Å². The average Bonchev–Trinajstić information content (AvgIpc) is 2.50. The Morgan fingerprint density at radius 1 is 1.31 bits per heavy atom. The molecule has 0 bridgehead atoms. The minimum absolute atomic E-state index is 0.244. The van der Waals surface area contributed by atoms with Gasteiger partial charge in [-0.1, -0.05) is 0 Å². The molecular weight excluding hydrogens is 190 g/mol. The standard InChI is InChI=1S/C7H15N3O2S/c1-9(2)13(11,12)10-3-5-6(4-10)7(5)8/h5-7H,3-4,8H2,1-2H3. The highest BCUT2D eigenvalue weighted by molar-refractivity contribution is 7.86. The van der Waals surface area contributed by atoms with Gasteiger partial charge in [0, 0.05) is 33.2 Å². The largest absolute Gasteiger partial charge is 0.327 e. The third-order valence-corrected chi connectivity index (χ3v) is 4.89. The lowest BCUT2D eigenvalue weighted by Crippen LogP contribution is -2.41. The molecule has 1 aliphatic carbocycles. The first-order valence-electron chi connectivity index (χ1n) is 4.38. The Morgan fingerprint density at radius 2 is 1.77 bits per heavy atom. The van der Waals surface area contributed by atoms with Crippen LogP contribution in [-0.4, -0.2) is 50.3 Å². The van der Waals surface area contributed by atoms with Gasteiger partial charge in [0.2, 0.25) is 0 Å². The molecule has 2 N–H and O–H groups in total. The fraction of sp³-hybridized carbons (Fsp3) is 1.00. The van der Waals surface area contributed by atoms with E-state index in [0.29, 0.717) is 24.9 Å². The van der Waals surface area contributed by atoms with E-state index in [1.807, 2.05) is 0 Å². The highest BCUT2D eigenvalue weighted by Crippen LogP contribution is 2.44. The zero-order valence-corrected chi connectivity index (χ0v) is 8.66. The van der Waals surface area contributed by atoms with E-state index in [1.165, 1.54) is 8.61 Å². The molecule has 2 unspecified atom stereocenters. The predicted molar refractivity (Wildman–Crippen MR) is 49.1 cm³/mol. The number of fused-ring (bicyclic) bond motifs is 1. The van der Waals surface area contributed by atoms with Crippen molar-refractivity contribution in [1.82, 2.24) is 8.61 Å². The summed E-state index contributed by atoms with van der Waals surface area (Å²) in [7, 11) is -0.0819. The van der Waals surface area contributed by atoms with E-state index < -0.39 is 10.2 Å². The smallest absolute Gasteiger partial charge is 0.281 e. The van der Waals surface area contributed by atoms with E-state index in [4.69, 9.17) is 5.73 Å². The van der Waals surface area contributed by atoms with Crippen LogP contribution in [0.15, 0.2) is 0 Å². The second kappa shape index (κ2) is 2.66. The van der Waals surface area contributed by atoms with Crippen molar-refractivity contribution in [2.24, 2.45) is 17.6 Å². The molecule has 2 atom stereocenters. The summed E-state index contributed by atoms with van der Waals surface area (Å²) < 4.78 is 26.0. The molecule has 2 rings (SSSR count). The molecule has 2 aliphatic rings. The van der Waals surface area contributed by atoms with Gasteiger partial charge < -0.3 is 5.73 Å². The number of hydrogen-bond acceptors (Lipinski definition) is 3. The van der Waals surface area contributed by atoms with E-state index in [0.717, 1.165) is 0 Å². The molecule has 1 heterocycles. The first kappa shape index (κ1) is 9.39. The maximum atomic E-state index is 11.6. The Hall–Kier alpha value is -0.170. The van der Waals surface area contributed by atoms with E-state index in [2.05, 4.69) is 0 Å². The minimum Gasteiger partial charge on any atom is -0.327 e. The maximum Gasteiger partial charge on any atom is 0.281 e. The number of nitrogens with two attached hydrogens (primary N) is 1. The topological polar surface area (TPSA) is 66.6 Å². The Morgan fingerprint density at radius 3 is 2.15 bits per heavy atom. The van der Waals surface area contributed by atoms with Crippen LogP contribution in [0.2, 0.25) is 0 Å². The monoisotopic (exact) mass is 205 g/mol. The Balaban J connectivity index is 2.06. The third kappa shape index (κ3) is 1.28. The van der Waals surface area contributed by atoms with Crippen LogP contribution in [0.1, 0.15) is 0 Å². The maximum absolute atomic E-state index is 11.6. The minimum atomic E-state index is -3.19. The van der Waals surface area contributed by atoms with Crippen molar-refractivity contribution in [3.8, 4) is 0 Å². The average molecular weight is 205 g/mol. The van der Waals surface area contributed by atoms with Gasteiger partial charge in [-0.2, -0.15) is 17.0 Å². The second-order valence-electron chi connectivity index (χ2n) is 4.01. The number of piperidine rings is 1. The molecule has 0 radical (unpaired) electrons. The second-order valence-corrected chi connectivity index (χ2v) is 6.15. The summed E-state index contributed by atoms with van der Waals surface area (Å²) in [6.07, 6.45) is 0. The van der Waals surface area contributed by atoms with Gasteiger partial charge in [0.25, 0.3) is 10.2 Å². The Kier molecular flexibility index (Phi) is 1.92. The van der Waals surface area contributed by atoms with Crippen LogP contribution in [0.3, 0.4) is 0 Å². The van der Waals surface area contributed by atoms with Gasteiger partial charge in [0.05, 0.1) is 0 Å². The highest BCUT2D eigenvalue weighted by atomic mass is 32.2. The molecule has 2 fully saturated rings. The molecule has 1 saturated carbocycles. The van der Waals surface area contributed by atoms with Crippen molar-refractivity contribution in [3.63, 3.8) is 0 Å². The SMILES string of the molecule is CN(C)S(=O)(=O)N1CC2C(N)C2C1. The van der Waals surface area contributed by atoms with Gasteiger partial charge in [-0.15, -0.1) is 0 Å². The lowest BCUT2D eigenvalue weighted by molar-refractivity contribution is 0.391. The molecule has 1 saturated heterocycles. The molecule has 0 amide bonds. The van der Waals surface area contributed by atoms with Crippen molar-refractivity contribution in [2.75, 3.05) is 27.2 Å². The van der Waals surface area contributed by atoms with Crippen LogP contribution < -0.4 is 5.73 Å². The molecule has 0 spiro atoms. The summed E-state index contributed by atoms with van der Waals surface area (Å²) in [6, 6.07) is 0.244. The number of rotatable bonds is 2. The fourth-order valence-electron chi connectivity index (χ4n) is 1.95. The number of hydrogen-bond donors (Lipinski definition) is 1. The van der Waals surface area contributed by atoms with Crippen molar-refractivity contribution >= 4 is 10.2 Å². The summed E-state index contributed by atoms with van der Waals surface area (Å²) in [5.41, 5.74) is 5.72. The van der Waals surface area contributed by atoms with Crippen LogP contribution in [-0.2, 0) is 10.2 Å². The summed E-state index contributed by atoms with van der Waals surface area (Å²) in [5.74, 6) is 0.824. The zero-order chi connectivity index (χ0) is 9.80. The van der Waals surface area contributed by atoms with Crippen LogP contribution in [0, 0.1) is 11.8 Å². The van der Waals surface area contributed by atoms with Gasteiger partial charge in [-0.3, -0.25) is 0 Å². The van der Waals surface area contributed by atoms with Crippen molar-refractivity contribution in [3.05, 3.63) is 0 Å². The molecule has 0 aromatic rings. The van der Waals surface area contributed by atoms with Gasteiger partial charge in [0.15, 0.2) is 0 Å². The first-order valence-corrected chi connectivity index (χ1v) is 5.77. The molecule has 1 aliphatic heterocycles. The lowest BCUT2D eigenvalue weighted by atomic mass is 10.4. The van der Waals surface area contributed by atoms with E-state index in [9.17, 15) is 8.42 Å². The van der Waals surface area contributed by atoms with Crippen LogP contribution in [0.4, 0.5) is 0 Å². The number of nitrogens with zero attached hydrogens (tertiary/aromatic N) is 2. The van der Waals surface area contributed by atoms with Crippen molar-refractivity contribution in [2.45, 2.75) is 6.04 Å². The summed E-state index contributed by atoms with van der Waals surface area (Å²) in [6.45, 7) is 1.21. The summed E-state index contributed by atoms with van der Waals surface area (Å²) in [4.78, 5) is 0. The van der Waals surface area contributed by atoms with Crippen molar-refractivity contribution < 1.29 is 8.42 Å². The van der Waals surface area contributed by atoms with Crippen LogP contribution in [0.25, 0.3) is 0 Å². The molecule has 6 heteroatoms. The molecule has 13 heavy (non-hydrogen) atoms. The highest BCUT2D eigenvalue weighted by Gasteiger charge is 2.56. The normalized spacial score (nSPS) is 39.5. The van der Waals surface area contributed by atoms with Gasteiger partial charge in [-0.25, -0.2) is 0 Å². The van der Waals surface area contributed by atoms with Gasteiger partial charge in [0.1, 0.15) is 0 Å². The van der Waals surface area contributed by atoms with E-state index in [-0.39, 0.29) is 6.04 Å². The Labute approximate surface area is 78.7 Å². The Bertz CT molecular complexity index is 302. The summed E-state index contributed by atoms with van der Waals surface area (Å²) in [5, 5.41) is 0. The van der Waals surface area contributed by atoms with Gasteiger partial charge >= 0.3 is 0 Å². The predicted octanol–water partition coefficient (Wildman–Crippen LogP) is -1.32. The lowest BCUT2D eigenvalue weighted by Gasteiger charge is -2.22. The molecule has 0 aromatic carbocycles. The fourth-order valence-corrected chi connectivity index (χ4v) is 3.14. The first-order chi connectivity index (χ1) is 5.94. The van der Waals surface area contributed by atoms with Crippen molar-refractivity contribution in [1.29, 1.82) is 0 Å². The third-order valence-electron chi connectivity index (χ3n) is 3.01. The zero-order valence-electron chi connectivity index (χ0n) is 7.84. The molecule has 76 valence electrons. The van der Waals surface area contributed by atoms with Crippen LogP contribution >= 0.6 is 0 Å². The molecule has 0 aromatic heterocycles. The van der Waals surface area contributed by atoms with E-state index >= 15 is 0 Å².